The molecule has 5 nitrogen and oxygen atoms in total. The average molecular weight is 319 g/mol. The molecule has 1 N–H and O–H groups in total. The third-order valence-electron chi connectivity index (χ3n) is 3.36. The van der Waals surface area contributed by atoms with Gasteiger partial charge in [-0.15, -0.1) is 11.3 Å². The molecule has 0 aliphatic rings. The molecule has 1 amide bonds. The molecule has 0 radical (unpaired) electrons. The van der Waals surface area contributed by atoms with Gasteiger partial charge in [-0.25, -0.2) is 4.98 Å². The first kappa shape index (κ1) is 16.6. The van der Waals surface area contributed by atoms with Gasteiger partial charge in [0.2, 0.25) is 5.91 Å². The topological polar surface area (TPSA) is 54.5 Å². The Morgan fingerprint density at radius 1 is 1.41 bits per heavy atom. The third kappa shape index (κ3) is 4.91. The van der Waals surface area contributed by atoms with E-state index in [1.807, 2.05) is 30.5 Å². The predicted molar refractivity (Wildman–Crippen MR) is 88.9 cm³/mol. The molecular weight excluding hydrogens is 298 g/mol. The van der Waals surface area contributed by atoms with Crippen LogP contribution in [0, 0.1) is 0 Å². The van der Waals surface area contributed by atoms with Crippen molar-refractivity contribution in [3.05, 3.63) is 46.8 Å². The van der Waals surface area contributed by atoms with Crippen LogP contribution in [0.15, 0.2) is 41.9 Å². The van der Waals surface area contributed by atoms with E-state index < -0.39 is 0 Å². The minimum Gasteiger partial charge on any atom is -0.383 e. The summed E-state index contributed by atoms with van der Waals surface area (Å²) in [6, 6.07) is 9.28. The summed E-state index contributed by atoms with van der Waals surface area (Å²) in [6.07, 6.45) is 1.66. The van der Waals surface area contributed by atoms with Gasteiger partial charge in [-0.2, -0.15) is 0 Å². The number of hydrogen-bond donors (Lipinski definition) is 1. The van der Waals surface area contributed by atoms with E-state index in [4.69, 9.17) is 4.74 Å². The number of carbonyl (C=O) groups excluding carboxylic acids is 1. The Balaban J connectivity index is 2.00. The molecule has 0 aliphatic carbocycles. The number of nitrogens with one attached hydrogen (secondary N) is 1. The molecule has 0 fully saturated rings. The van der Waals surface area contributed by atoms with Gasteiger partial charge in [0.1, 0.15) is 5.82 Å². The Morgan fingerprint density at radius 3 is 2.91 bits per heavy atom. The molecule has 0 saturated carbocycles. The fourth-order valence-corrected chi connectivity index (χ4v) is 2.78. The van der Waals surface area contributed by atoms with Crippen LogP contribution in [0.2, 0.25) is 0 Å². The second kappa shape index (κ2) is 8.63. The largest absolute Gasteiger partial charge is 0.383 e. The quantitative estimate of drug-likeness (QED) is 0.812. The van der Waals surface area contributed by atoms with Crippen molar-refractivity contribution in [2.24, 2.45) is 0 Å². The van der Waals surface area contributed by atoms with Gasteiger partial charge in [-0.05, 0) is 30.5 Å². The molecule has 6 heteroatoms. The predicted octanol–water partition coefficient (Wildman–Crippen LogP) is 2.62. The summed E-state index contributed by atoms with van der Waals surface area (Å²) in [5.74, 6) is 0.508. The molecule has 118 valence electrons. The van der Waals surface area contributed by atoms with Crippen molar-refractivity contribution < 1.29 is 9.53 Å². The summed E-state index contributed by atoms with van der Waals surface area (Å²) in [7, 11) is 1.67. The molecule has 2 rings (SSSR count). The summed E-state index contributed by atoms with van der Waals surface area (Å²) in [4.78, 5) is 19.9. The fourth-order valence-electron chi connectivity index (χ4n) is 2.05. The fraction of sp³-hybridized carbons (Fsp3) is 0.375. The lowest BCUT2D eigenvalue weighted by molar-refractivity contribution is -0.121. The zero-order valence-electron chi connectivity index (χ0n) is 12.9. The highest BCUT2D eigenvalue weighted by Crippen LogP contribution is 2.14. The average Bonchev–Trinajstić information content (AvgIpc) is 3.04. The number of hydrogen-bond acceptors (Lipinski definition) is 5. The van der Waals surface area contributed by atoms with Gasteiger partial charge in [0, 0.05) is 31.3 Å². The molecule has 0 unspecified atom stereocenters. The van der Waals surface area contributed by atoms with E-state index in [1.165, 1.54) is 4.88 Å². The standard InChI is InChI=1S/C16H21N3O2S/c1-13(16(20)18-15-7-3-4-8-17-15)19(9-10-21-2)12-14-6-5-11-22-14/h3-8,11,13H,9-10,12H2,1-2H3,(H,17,18,20)/t13-/m0/s1. The summed E-state index contributed by atoms with van der Waals surface area (Å²) >= 11 is 1.69. The number of anilines is 1. The molecule has 0 spiro atoms. The number of carbonyl (C=O) groups is 1. The molecule has 1 atom stereocenters. The van der Waals surface area contributed by atoms with Crippen LogP contribution in [0.5, 0.6) is 0 Å². The lowest BCUT2D eigenvalue weighted by Crippen LogP contribution is -2.43. The summed E-state index contributed by atoms with van der Waals surface area (Å²) < 4.78 is 5.16. The highest BCUT2D eigenvalue weighted by atomic mass is 32.1. The molecular formula is C16H21N3O2S. The highest BCUT2D eigenvalue weighted by Gasteiger charge is 2.22. The maximum Gasteiger partial charge on any atom is 0.242 e. The minimum absolute atomic E-state index is 0.0636. The first-order chi connectivity index (χ1) is 10.7. The summed E-state index contributed by atoms with van der Waals surface area (Å²) in [5.41, 5.74) is 0. The molecule has 2 aromatic rings. The molecule has 0 saturated heterocycles. The second-order valence-electron chi connectivity index (χ2n) is 4.92. The van der Waals surface area contributed by atoms with Crippen molar-refractivity contribution in [1.29, 1.82) is 0 Å². The van der Waals surface area contributed by atoms with Crippen molar-refractivity contribution in [2.45, 2.75) is 19.5 Å². The lowest BCUT2D eigenvalue weighted by atomic mass is 10.2. The van der Waals surface area contributed by atoms with Gasteiger partial charge in [0.15, 0.2) is 0 Å². The van der Waals surface area contributed by atoms with Crippen LogP contribution in [0.1, 0.15) is 11.8 Å². The minimum atomic E-state index is -0.265. The van der Waals surface area contributed by atoms with E-state index in [1.54, 1.807) is 30.7 Å². The van der Waals surface area contributed by atoms with E-state index in [0.29, 0.717) is 19.0 Å². The van der Waals surface area contributed by atoms with Crippen LogP contribution >= 0.6 is 11.3 Å². The van der Waals surface area contributed by atoms with E-state index in [2.05, 4.69) is 21.3 Å². The van der Waals surface area contributed by atoms with Crippen molar-refractivity contribution in [3.63, 3.8) is 0 Å². The number of pyridine rings is 1. The van der Waals surface area contributed by atoms with E-state index in [0.717, 1.165) is 6.54 Å². The molecule has 2 heterocycles. The maximum atomic E-state index is 12.4. The van der Waals surface area contributed by atoms with Crippen LogP contribution in [0.4, 0.5) is 5.82 Å². The molecule has 0 bridgehead atoms. The Hall–Kier alpha value is -1.76. The number of thiophene rings is 1. The van der Waals surface area contributed by atoms with Crippen LogP contribution in [0.3, 0.4) is 0 Å². The molecule has 22 heavy (non-hydrogen) atoms. The van der Waals surface area contributed by atoms with Crippen molar-refractivity contribution in [3.8, 4) is 0 Å². The zero-order chi connectivity index (χ0) is 15.8. The SMILES string of the molecule is COCCN(Cc1cccs1)[C@@H](C)C(=O)Nc1ccccn1. The number of aromatic nitrogens is 1. The first-order valence-electron chi connectivity index (χ1n) is 7.18. The Bertz CT molecular complexity index is 560. The first-order valence-corrected chi connectivity index (χ1v) is 8.06. The number of rotatable bonds is 8. The summed E-state index contributed by atoms with van der Waals surface area (Å²) in [5, 5.41) is 4.89. The third-order valence-corrected chi connectivity index (χ3v) is 4.23. The van der Waals surface area contributed by atoms with E-state index >= 15 is 0 Å². The van der Waals surface area contributed by atoms with Crippen LogP contribution < -0.4 is 5.32 Å². The lowest BCUT2D eigenvalue weighted by Gasteiger charge is -2.27. The number of methoxy groups -OCH3 is 1. The molecule has 2 aromatic heterocycles. The van der Waals surface area contributed by atoms with E-state index in [9.17, 15) is 4.79 Å². The number of amides is 1. The number of nitrogens with zero attached hydrogens (tertiary/aromatic N) is 2. The Kier molecular flexibility index (Phi) is 6.51. The van der Waals surface area contributed by atoms with Gasteiger partial charge >= 0.3 is 0 Å². The van der Waals surface area contributed by atoms with Crippen LogP contribution in [-0.4, -0.2) is 42.1 Å². The van der Waals surface area contributed by atoms with Gasteiger partial charge < -0.3 is 10.1 Å². The zero-order valence-corrected chi connectivity index (χ0v) is 13.7. The normalized spacial score (nSPS) is 12.3. The van der Waals surface area contributed by atoms with E-state index in [-0.39, 0.29) is 11.9 Å². The van der Waals surface area contributed by atoms with Crippen LogP contribution in [-0.2, 0) is 16.1 Å². The Labute approximate surface area is 134 Å². The monoisotopic (exact) mass is 319 g/mol. The summed E-state index contributed by atoms with van der Waals surface area (Å²) in [6.45, 7) is 3.93. The van der Waals surface area contributed by atoms with Crippen molar-refractivity contribution >= 4 is 23.1 Å². The highest BCUT2D eigenvalue weighted by molar-refractivity contribution is 7.09. The Morgan fingerprint density at radius 2 is 2.27 bits per heavy atom. The van der Waals surface area contributed by atoms with Crippen LogP contribution in [0.25, 0.3) is 0 Å². The van der Waals surface area contributed by atoms with Gasteiger partial charge in [0.05, 0.1) is 12.6 Å². The molecule has 0 aromatic carbocycles. The maximum absolute atomic E-state index is 12.4. The second-order valence-corrected chi connectivity index (χ2v) is 5.96. The smallest absolute Gasteiger partial charge is 0.242 e. The van der Waals surface area contributed by atoms with Crippen molar-refractivity contribution in [1.82, 2.24) is 9.88 Å². The molecule has 0 aliphatic heterocycles. The van der Waals surface area contributed by atoms with Gasteiger partial charge in [-0.1, -0.05) is 12.1 Å². The number of ether oxygens (including phenoxy) is 1. The van der Waals surface area contributed by atoms with Gasteiger partial charge in [-0.3, -0.25) is 9.69 Å². The van der Waals surface area contributed by atoms with Gasteiger partial charge in [0.25, 0.3) is 0 Å². The van der Waals surface area contributed by atoms with Crippen molar-refractivity contribution in [2.75, 3.05) is 25.6 Å².